The smallest absolute Gasteiger partial charge is 0.273 e. The molecule has 1 unspecified atom stereocenters. The molecule has 4 aliphatic rings. The Bertz CT molecular complexity index is 1160. The van der Waals surface area contributed by atoms with Gasteiger partial charge in [-0.25, -0.2) is 22.5 Å². The highest BCUT2D eigenvalue weighted by Gasteiger charge is 2.70. The summed E-state index contributed by atoms with van der Waals surface area (Å²) in [7, 11) is 0. The van der Waals surface area contributed by atoms with Crippen LogP contribution in [0.1, 0.15) is 48.7 Å². The third kappa shape index (κ3) is 4.33. The van der Waals surface area contributed by atoms with Gasteiger partial charge in [0.15, 0.2) is 0 Å². The van der Waals surface area contributed by atoms with Gasteiger partial charge in [0.05, 0.1) is 17.3 Å². The quantitative estimate of drug-likeness (QED) is 0.370. The van der Waals surface area contributed by atoms with Crippen LogP contribution in [0.15, 0.2) is 24.3 Å². The number of aromatic nitrogens is 2. The topological polar surface area (TPSA) is 61.4 Å². The molecule has 1 saturated carbocycles. The highest BCUT2D eigenvalue weighted by Crippen LogP contribution is 2.61. The number of fused-ring (bicyclic) bond motifs is 2. The SMILES string of the molecule is Cc1cc(NC(=O)c2ccc(I)cc2N2CCC3(C)C[C@H]2C3(F)F)nc(N2CCC(F)(F)CC2)n1. The fraction of sp³-hybridized carbons (Fsp3) is 0.542. The van der Waals surface area contributed by atoms with E-state index >= 15 is 0 Å². The summed E-state index contributed by atoms with van der Waals surface area (Å²) in [5, 5.41) is 2.77. The van der Waals surface area contributed by atoms with Gasteiger partial charge in [-0.15, -0.1) is 0 Å². The Labute approximate surface area is 214 Å². The van der Waals surface area contributed by atoms with Crippen LogP contribution >= 0.6 is 22.6 Å². The zero-order valence-corrected chi connectivity index (χ0v) is 21.6. The molecule has 1 N–H and O–H groups in total. The van der Waals surface area contributed by atoms with E-state index < -0.39 is 29.2 Å². The van der Waals surface area contributed by atoms with E-state index in [1.807, 2.05) is 0 Å². The molecular formula is C24H26F4IN5O. The largest absolute Gasteiger partial charge is 0.362 e. The number of rotatable bonds is 4. The molecule has 35 heavy (non-hydrogen) atoms. The minimum atomic E-state index is -2.82. The van der Waals surface area contributed by atoms with Gasteiger partial charge in [-0.3, -0.25) is 4.79 Å². The van der Waals surface area contributed by atoms with Crippen LogP contribution in [0.5, 0.6) is 0 Å². The van der Waals surface area contributed by atoms with Crippen molar-refractivity contribution in [2.75, 3.05) is 34.8 Å². The average molecular weight is 603 g/mol. The maximum absolute atomic E-state index is 14.8. The van der Waals surface area contributed by atoms with E-state index in [1.165, 1.54) is 0 Å². The summed E-state index contributed by atoms with van der Waals surface area (Å²) in [5.41, 5.74) is 0.360. The summed E-state index contributed by atoms with van der Waals surface area (Å²) >= 11 is 2.11. The molecule has 1 amide bonds. The molecule has 0 spiro atoms. The molecule has 1 aromatic carbocycles. The molecular weight excluding hydrogens is 577 g/mol. The van der Waals surface area contributed by atoms with Gasteiger partial charge < -0.3 is 15.1 Å². The number of halogens is 5. The number of piperidine rings is 3. The monoisotopic (exact) mass is 603 g/mol. The van der Waals surface area contributed by atoms with Gasteiger partial charge in [0.25, 0.3) is 17.8 Å². The second-order valence-electron chi connectivity index (χ2n) is 10.0. The Morgan fingerprint density at radius 2 is 1.80 bits per heavy atom. The van der Waals surface area contributed by atoms with E-state index in [0.29, 0.717) is 30.8 Å². The lowest BCUT2D eigenvalue weighted by Gasteiger charge is -2.62. The number of hydrogen-bond acceptors (Lipinski definition) is 5. The number of amides is 1. The molecule has 6 nitrogen and oxygen atoms in total. The number of aryl methyl sites for hydroxylation is 1. The number of anilines is 3. The van der Waals surface area contributed by atoms with Gasteiger partial charge in [-0.05, 0) is 60.6 Å². The molecule has 3 aliphatic heterocycles. The number of hydrogen-bond donors (Lipinski definition) is 1. The molecule has 6 rings (SSSR count). The molecule has 4 fully saturated rings. The van der Waals surface area contributed by atoms with Crippen LogP contribution in [-0.4, -0.2) is 53.4 Å². The molecule has 3 saturated heterocycles. The second-order valence-corrected chi connectivity index (χ2v) is 11.2. The molecule has 2 aromatic rings. The standard InChI is InChI=1S/C24H26F4IN5O/c1-14-11-19(32-21(30-14)33-8-6-23(25,26)7-9-33)31-20(35)16-4-3-15(29)12-17(16)34-10-5-22(2)13-18(34)24(22,27)28/h3-4,11-12,18H,5-10,13H2,1-2H3,(H,30,31,32,35)/t18-,22?/m0/s1. The Balaban J connectivity index is 1.39. The van der Waals surface area contributed by atoms with Gasteiger partial charge in [-0.2, -0.15) is 4.98 Å². The fourth-order valence-corrected chi connectivity index (χ4v) is 5.73. The van der Waals surface area contributed by atoms with Crippen molar-refractivity contribution in [2.24, 2.45) is 5.41 Å². The first kappa shape index (κ1) is 24.5. The summed E-state index contributed by atoms with van der Waals surface area (Å²) in [4.78, 5) is 25.4. The van der Waals surface area contributed by atoms with Crippen LogP contribution in [0.2, 0.25) is 0 Å². The average Bonchev–Trinajstić information content (AvgIpc) is 2.78. The summed E-state index contributed by atoms with van der Waals surface area (Å²) < 4.78 is 57.6. The van der Waals surface area contributed by atoms with Crippen LogP contribution in [0.25, 0.3) is 0 Å². The first-order valence-electron chi connectivity index (χ1n) is 11.6. The lowest BCUT2D eigenvalue weighted by molar-refractivity contribution is -0.227. The van der Waals surface area contributed by atoms with E-state index in [9.17, 15) is 22.4 Å². The normalized spacial score (nSPS) is 26.8. The Morgan fingerprint density at radius 3 is 2.46 bits per heavy atom. The first-order chi connectivity index (χ1) is 16.4. The summed E-state index contributed by atoms with van der Waals surface area (Å²) in [6.45, 7) is 4.05. The van der Waals surface area contributed by atoms with Crippen molar-refractivity contribution < 1.29 is 22.4 Å². The molecule has 2 bridgehead atoms. The van der Waals surface area contributed by atoms with Crippen molar-refractivity contribution in [3.05, 3.63) is 39.1 Å². The number of carbonyl (C=O) groups is 1. The minimum absolute atomic E-state index is 0.120. The molecule has 11 heteroatoms. The zero-order valence-electron chi connectivity index (χ0n) is 19.4. The second kappa shape index (κ2) is 8.45. The summed E-state index contributed by atoms with van der Waals surface area (Å²) in [6.07, 6.45) is 0.180. The molecule has 188 valence electrons. The lowest BCUT2D eigenvalue weighted by Crippen LogP contribution is -2.72. The first-order valence-corrected chi connectivity index (χ1v) is 12.7. The van der Waals surface area contributed by atoms with Gasteiger partial charge in [0.1, 0.15) is 5.82 Å². The number of carbonyl (C=O) groups excluding carboxylic acids is 1. The summed E-state index contributed by atoms with van der Waals surface area (Å²) in [5.74, 6) is -5.46. The lowest BCUT2D eigenvalue weighted by atomic mass is 9.58. The van der Waals surface area contributed by atoms with Crippen molar-refractivity contribution in [3.63, 3.8) is 0 Å². The summed E-state index contributed by atoms with van der Waals surface area (Å²) in [6, 6.07) is 5.82. The maximum Gasteiger partial charge on any atom is 0.273 e. The Morgan fingerprint density at radius 1 is 1.09 bits per heavy atom. The van der Waals surface area contributed by atoms with Crippen molar-refractivity contribution >= 4 is 46.0 Å². The van der Waals surface area contributed by atoms with E-state index in [0.717, 1.165) is 3.57 Å². The van der Waals surface area contributed by atoms with Gasteiger partial charge >= 0.3 is 0 Å². The van der Waals surface area contributed by atoms with Crippen molar-refractivity contribution in [2.45, 2.75) is 57.4 Å². The van der Waals surface area contributed by atoms with E-state index in [1.54, 1.807) is 47.9 Å². The van der Waals surface area contributed by atoms with Gasteiger partial charge in [0.2, 0.25) is 5.95 Å². The van der Waals surface area contributed by atoms with Crippen molar-refractivity contribution in [3.8, 4) is 0 Å². The molecule has 1 aliphatic carbocycles. The van der Waals surface area contributed by atoms with Crippen LogP contribution < -0.4 is 15.1 Å². The fourth-order valence-electron chi connectivity index (χ4n) is 5.26. The third-order valence-electron chi connectivity index (χ3n) is 7.52. The van der Waals surface area contributed by atoms with Gasteiger partial charge in [0, 0.05) is 53.2 Å². The van der Waals surface area contributed by atoms with Crippen molar-refractivity contribution in [1.29, 1.82) is 0 Å². The van der Waals surface area contributed by atoms with E-state index in [-0.39, 0.29) is 43.3 Å². The van der Waals surface area contributed by atoms with E-state index in [4.69, 9.17) is 0 Å². The van der Waals surface area contributed by atoms with Crippen molar-refractivity contribution in [1.82, 2.24) is 9.97 Å². The molecule has 1 aromatic heterocycles. The Hall–Kier alpha value is -2.18. The van der Waals surface area contributed by atoms with Crippen LogP contribution in [0.3, 0.4) is 0 Å². The third-order valence-corrected chi connectivity index (χ3v) is 8.19. The molecule has 2 atom stereocenters. The predicted octanol–water partition coefficient (Wildman–Crippen LogP) is 5.50. The zero-order chi connectivity index (χ0) is 25.2. The molecule has 4 heterocycles. The van der Waals surface area contributed by atoms with Crippen LogP contribution in [0, 0.1) is 15.9 Å². The molecule has 0 radical (unpaired) electrons. The highest BCUT2D eigenvalue weighted by atomic mass is 127. The number of alkyl halides is 4. The number of benzene rings is 1. The number of nitrogens with zero attached hydrogens (tertiary/aromatic N) is 4. The Kier molecular flexibility index (Phi) is 5.92. The minimum Gasteiger partial charge on any atom is -0.362 e. The number of nitrogens with one attached hydrogen (secondary N) is 1. The van der Waals surface area contributed by atoms with Crippen LogP contribution in [-0.2, 0) is 0 Å². The predicted molar refractivity (Wildman–Crippen MR) is 134 cm³/mol. The van der Waals surface area contributed by atoms with Gasteiger partial charge in [-0.1, -0.05) is 6.92 Å². The van der Waals surface area contributed by atoms with Crippen LogP contribution in [0.4, 0.5) is 35.0 Å². The maximum atomic E-state index is 14.8. The van der Waals surface area contributed by atoms with E-state index in [2.05, 4.69) is 37.9 Å². The highest BCUT2D eigenvalue weighted by molar-refractivity contribution is 14.1.